The molecule has 1 amide bonds. The molecule has 0 bridgehead atoms. The number of hydrogen-bond acceptors (Lipinski definition) is 6. The fourth-order valence-electron chi connectivity index (χ4n) is 5.05. The lowest BCUT2D eigenvalue weighted by molar-refractivity contribution is -0.000988. The lowest BCUT2D eigenvalue weighted by Gasteiger charge is -2.37. The number of carbonyl (C=O) groups is 2. The molecule has 3 heterocycles. The first kappa shape index (κ1) is 24.9. The molecule has 37 heavy (non-hydrogen) atoms. The summed E-state index contributed by atoms with van der Waals surface area (Å²) in [5.41, 5.74) is 4.01. The Morgan fingerprint density at radius 1 is 1.14 bits per heavy atom. The van der Waals surface area contributed by atoms with Crippen LogP contribution in [0.2, 0.25) is 0 Å². The van der Waals surface area contributed by atoms with Gasteiger partial charge in [-0.05, 0) is 47.5 Å². The third kappa shape index (κ3) is 5.33. The van der Waals surface area contributed by atoms with Crippen molar-refractivity contribution in [2.45, 2.75) is 31.6 Å². The first-order valence-electron chi connectivity index (χ1n) is 12.1. The number of hydrogen-bond donors (Lipinski definition) is 1. The van der Waals surface area contributed by atoms with Crippen LogP contribution in [0.15, 0.2) is 60.8 Å². The standard InChI is InChI=1S/C28H28FN3O5/c1-36-17-21-14-19(2-8-24(21)25-9-5-22(29)15-30-25)16-31-12-10-28(11-13-31)18-32(27(35)37-28)23-6-3-20(4-7-23)26(33)34/h2-9,14-15H,10-13,16-18H2,1H3,(H,33,34). The van der Waals surface area contributed by atoms with Crippen LogP contribution in [0.1, 0.15) is 34.3 Å². The molecule has 0 atom stereocenters. The second-order valence-corrected chi connectivity index (χ2v) is 9.55. The number of methoxy groups -OCH3 is 1. The van der Waals surface area contributed by atoms with Gasteiger partial charge in [0.15, 0.2) is 0 Å². The summed E-state index contributed by atoms with van der Waals surface area (Å²) in [4.78, 5) is 31.9. The average molecular weight is 506 g/mol. The summed E-state index contributed by atoms with van der Waals surface area (Å²) in [6.45, 7) is 3.17. The number of benzene rings is 2. The third-order valence-corrected chi connectivity index (χ3v) is 7.04. The topological polar surface area (TPSA) is 92.2 Å². The van der Waals surface area contributed by atoms with Crippen molar-refractivity contribution in [1.29, 1.82) is 0 Å². The highest BCUT2D eigenvalue weighted by atomic mass is 19.1. The van der Waals surface area contributed by atoms with Crippen molar-refractivity contribution >= 4 is 17.7 Å². The van der Waals surface area contributed by atoms with E-state index in [4.69, 9.17) is 14.6 Å². The van der Waals surface area contributed by atoms with E-state index in [0.29, 0.717) is 37.4 Å². The van der Waals surface area contributed by atoms with Crippen LogP contribution in [-0.4, -0.2) is 59.4 Å². The normalized spacial score (nSPS) is 17.2. The van der Waals surface area contributed by atoms with E-state index in [1.165, 1.54) is 24.4 Å². The zero-order valence-electron chi connectivity index (χ0n) is 20.5. The molecule has 5 rings (SSSR count). The van der Waals surface area contributed by atoms with Gasteiger partial charge in [-0.1, -0.05) is 18.2 Å². The number of aromatic nitrogens is 1. The lowest BCUT2D eigenvalue weighted by atomic mass is 9.90. The van der Waals surface area contributed by atoms with Crippen LogP contribution in [-0.2, 0) is 22.6 Å². The fourth-order valence-corrected chi connectivity index (χ4v) is 5.05. The molecule has 9 heteroatoms. The second kappa shape index (κ2) is 10.3. The summed E-state index contributed by atoms with van der Waals surface area (Å²) in [5.74, 6) is -1.38. The van der Waals surface area contributed by atoms with Gasteiger partial charge in [0, 0.05) is 50.8 Å². The quantitative estimate of drug-likeness (QED) is 0.497. The van der Waals surface area contributed by atoms with Crippen LogP contribution in [0, 0.1) is 5.82 Å². The van der Waals surface area contributed by atoms with Crippen LogP contribution in [0.4, 0.5) is 14.9 Å². The van der Waals surface area contributed by atoms with Crippen LogP contribution in [0.5, 0.6) is 0 Å². The van der Waals surface area contributed by atoms with Crippen LogP contribution < -0.4 is 4.90 Å². The van der Waals surface area contributed by atoms with Crippen molar-refractivity contribution in [3.8, 4) is 11.3 Å². The molecule has 2 saturated heterocycles. The number of pyridine rings is 1. The number of carboxylic acids is 1. The van der Waals surface area contributed by atoms with Gasteiger partial charge in [0.25, 0.3) is 0 Å². The summed E-state index contributed by atoms with van der Waals surface area (Å²) in [6.07, 6.45) is 2.24. The molecule has 0 unspecified atom stereocenters. The van der Waals surface area contributed by atoms with Gasteiger partial charge >= 0.3 is 12.1 Å². The van der Waals surface area contributed by atoms with Gasteiger partial charge in [-0.3, -0.25) is 14.8 Å². The van der Waals surface area contributed by atoms with E-state index < -0.39 is 17.7 Å². The number of carboxylic acid groups (broad SMARTS) is 1. The molecule has 1 aromatic heterocycles. The van der Waals surface area contributed by atoms with Gasteiger partial charge in [0.1, 0.15) is 11.4 Å². The highest BCUT2D eigenvalue weighted by molar-refractivity contribution is 5.92. The number of halogens is 1. The summed E-state index contributed by atoms with van der Waals surface area (Å²) in [6, 6.07) is 15.5. The number of nitrogens with zero attached hydrogens (tertiary/aromatic N) is 3. The Hall–Kier alpha value is -3.82. The smallest absolute Gasteiger partial charge is 0.415 e. The molecule has 1 spiro atoms. The van der Waals surface area contributed by atoms with Gasteiger partial charge < -0.3 is 14.6 Å². The number of carbonyl (C=O) groups excluding carboxylic acids is 1. The second-order valence-electron chi connectivity index (χ2n) is 9.55. The van der Waals surface area contributed by atoms with Crippen LogP contribution >= 0.6 is 0 Å². The molecule has 2 aromatic carbocycles. The first-order valence-corrected chi connectivity index (χ1v) is 12.1. The number of anilines is 1. The van der Waals surface area contributed by atoms with Gasteiger partial charge in [0.05, 0.1) is 30.6 Å². The van der Waals surface area contributed by atoms with E-state index in [1.807, 2.05) is 6.07 Å². The largest absolute Gasteiger partial charge is 0.478 e. The Labute approximate surface area is 214 Å². The zero-order chi connectivity index (χ0) is 26.0. The number of amides is 1. The molecule has 0 aliphatic carbocycles. The molecule has 2 aliphatic heterocycles. The summed E-state index contributed by atoms with van der Waals surface area (Å²) in [7, 11) is 1.64. The molecular formula is C28H28FN3O5. The molecule has 0 radical (unpaired) electrons. The SMILES string of the molecule is COCc1cc(CN2CCC3(CC2)CN(c2ccc(C(=O)O)cc2)C(=O)O3)ccc1-c1ccc(F)cn1. The molecule has 8 nitrogen and oxygen atoms in total. The Morgan fingerprint density at radius 3 is 2.54 bits per heavy atom. The minimum Gasteiger partial charge on any atom is -0.478 e. The van der Waals surface area contributed by atoms with Gasteiger partial charge in [-0.2, -0.15) is 0 Å². The van der Waals surface area contributed by atoms with Crippen LogP contribution in [0.25, 0.3) is 11.3 Å². The minimum atomic E-state index is -1.00. The Morgan fingerprint density at radius 2 is 1.89 bits per heavy atom. The van der Waals surface area contributed by atoms with Gasteiger partial charge in [0.2, 0.25) is 0 Å². The fraction of sp³-hybridized carbons (Fsp3) is 0.321. The van der Waals surface area contributed by atoms with Crippen LogP contribution in [0.3, 0.4) is 0 Å². The zero-order valence-corrected chi connectivity index (χ0v) is 20.5. The third-order valence-electron chi connectivity index (χ3n) is 7.04. The highest BCUT2D eigenvalue weighted by Crippen LogP contribution is 2.36. The van der Waals surface area contributed by atoms with E-state index in [2.05, 4.69) is 22.0 Å². The maximum Gasteiger partial charge on any atom is 0.415 e. The van der Waals surface area contributed by atoms with E-state index >= 15 is 0 Å². The van der Waals surface area contributed by atoms with E-state index in [-0.39, 0.29) is 11.4 Å². The van der Waals surface area contributed by atoms with Crippen molar-refractivity contribution in [1.82, 2.24) is 9.88 Å². The molecule has 1 N–H and O–H groups in total. The predicted molar refractivity (Wildman–Crippen MR) is 135 cm³/mol. The highest BCUT2D eigenvalue weighted by Gasteiger charge is 2.47. The van der Waals surface area contributed by atoms with E-state index in [0.717, 1.165) is 36.3 Å². The molecular weight excluding hydrogens is 477 g/mol. The summed E-state index contributed by atoms with van der Waals surface area (Å²) < 4.78 is 24.6. The Balaban J connectivity index is 1.23. The molecule has 2 aliphatic rings. The summed E-state index contributed by atoms with van der Waals surface area (Å²) >= 11 is 0. The number of rotatable bonds is 7. The molecule has 192 valence electrons. The van der Waals surface area contributed by atoms with Gasteiger partial charge in [-0.25, -0.2) is 14.0 Å². The molecule has 2 fully saturated rings. The van der Waals surface area contributed by atoms with Crippen molar-refractivity contribution < 1.29 is 28.6 Å². The minimum absolute atomic E-state index is 0.176. The lowest BCUT2D eigenvalue weighted by Crippen LogP contribution is -2.46. The maximum atomic E-state index is 13.3. The van der Waals surface area contributed by atoms with Crippen molar-refractivity contribution in [2.24, 2.45) is 0 Å². The van der Waals surface area contributed by atoms with Crippen molar-refractivity contribution in [3.63, 3.8) is 0 Å². The van der Waals surface area contributed by atoms with Crippen molar-refractivity contribution in [2.75, 3.05) is 31.6 Å². The Bertz CT molecular complexity index is 1290. The monoisotopic (exact) mass is 505 g/mol. The number of ether oxygens (including phenoxy) is 2. The maximum absolute atomic E-state index is 13.3. The number of piperidine rings is 1. The predicted octanol–water partition coefficient (Wildman–Crippen LogP) is 4.72. The Kier molecular flexibility index (Phi) is 6.90. The van der Waals surface area contributed by atoms with E-state index in [1.54, 1.807) is 30.2 Å². The number of aromatic carboxylic acids is 1. The first-order chi connectivity index (χ1) is 17.9. The summed E-state index contributed by atoms with van der Waals surface area (Å²) in [5, 5.41) is 9.11. The van der Waals surface area contributed by atoms with E-state index in [9.17, 15) is 14.0 Å². The molecule has 3 aromatic rings. The van der Waals surface area contributed by atoms with Crippen molar-refractivity contribution in [3.05, 3.63) is 83.3 Å². The van der Waals surface area contributed by atoms with Gasteiger partial charge in [-0.15, -0.1) is 0 Å². The molecule has 0 saturated carbocycles. The average Bonchev–Trinajstić information content (AvgIpc) is 3.22. The number of likely N-dealkylation sites (tertiary alicyclic amines) is 1.